The molecule has 0 unspecified atom stereocenters. The number of aliphatic hydroxyl groups is 3. The summed E-state index contributed by atoms with van der Waals surface area (Å²) < 4.78 is 10.7. The minimum absolute atomic E-state index is 0.00414. The van der Waals surface area contributed by atoms with Gasteiger partial charge in [-0.2, -0.15) is 0 Å². The highest BCUT2D eigenvalue weighted by atomic mass is 16.7. The summed E-state index contributed by atoms with van der Waals surface area (Å²) in [6.07, 6.45) is -5.25. The number of carbonyl (C=O) groups excluding carboxylic acids is 2. The molecule has 0 aromatic heterocycles. The smallest absolute Gasteiger partial charge is 0.229 e. The third-order valence-electron chi connectivity index (χ3n) is 5.05. The van der Waals surface area contributed by atoms with Crippen molar-refractivity contribution in [1.29, 1.82) is 0 Å². The molecule has 1 saturated heterocycles. The van der Waals surface area contributed by atoms with E-state index in [1.54, 1.807) is 6.92 Å². The number of rotatable bonds is 3. The van der Waals surface area contributed by atoms with E-state index < -0.39 is 48.5 Å². The second-order valence-electron chi connectivity index (χ2n) is 7.05. The molecule has 1 fully saturated rings. The number of phenols is 2. The van der Waals surface area contributed by atoms with Crippen molar-refractivity contribution in [2.75, 3.05) is 6.61 Å². The van der Waals surface area contributed by atoms with Gasteiger partial charge in [-0.15, -0.1) is 0 Å². The molecule has 0 radical (unpaired) electrons. The Morgan fingerprint density at radius 3 is 2.17 bits per heavy atom. The maximum atomic E-state index is 12.9. The highest BCUT2D eigenvalue weighted by molar-refractivity contribution is 6.30. The molecule has 152 valence electrons. The van der Waals surface area contributed by atoms with Crippen LogP contribution in [0.25, 0.3) is 0 Å². The first-order valence-electron chi connectivity index (χ1n) is 8.82. The second-order valence-corrected chi connectivity index (χ2v) is 7.05. The van der Waals surface area contributed by atoms with Crippen LogP contribution in [0.4, 0.5) is 0 Å². The van der Waals surface area contributed by atoms with E-state index in [0.29, 0.717) is 5.56 Å². The van der Waals surface area contributed by atoms with Crippen LogP contribution in [0.2, 0.25) is 0 Å². The van der Waals surface area contributed by atoms with E-state index in [9.17, 15) is 30.0 Å². The number of aryl methyl sites for hydroxylation is 1. The molecule has 1 heterocycles. The summed E-state index contributed by atoms with van der Waals surface area (Å²) in [5.41, 5.74) is 0.00314. The van der Waals surface area contributed by atoms with E-state index in [0.717, 1.165) is 6.07 Å². The lowest BCUT2D eigenvalue weighted by Crippen LogP contribution is -2.35. The van der Waals surface area contributed by atoms with Crippen LogP contribution < -0.4 is 4.74 Å². The van der Waals surface area contributed by atoms with Crippen LogP contribution in [0.5, 0.6) is 17.2 Å². The number of ether oxygens (including phenoxy) is 2. The third kappa shape index (κ3) is 2.95. The summed E-state index contributed by atoms with van der Waals surface area (Å²) in [5, 5.41) is 49.4. The molecule has 4 rings (SSSR count). The fourth-order valence-electron chi connectivity index (χ4n) is 3.64. The zero-order valence-corrected chi connectivity index (χ0v) is 15.2. The van der Waals surface area contributed by atoms with E-state index in [-0.39, 0.29) is 33.8 Å². The van der Waals surface area contributed by atoms with Gasteiger partial charge in [-0.05, 0) is 30.7 Å². The van der Waals surface area contributed by atoms with Gasteiger partial charge in [-0.3, -0.25) is 9.59 Å². The Labute approximate surface area is 164 Å². The zero-order valence-electron chi connectivity index (χ0n) is 15.2. The monoisotopic (exact) mass is 402 g/mol. The summed E-state index contributed by atoms with van der Waals surface area (Å²) in [4.78, 5) is 25.7. The van der Waals surface area contributed by atoms with Gasteiger partial charge in [0.2, 0.25) is 12.1 Å². The molecule has 9 nitrogen and oxygen atoms in total. The van der Waals surface area contributed by atoms with Gasteiger partial charge in [0.15, 0.2) is 5.78 Å². The molecule has 0 saturated carbocycles. The lowest BCUT2D eigenvalue weighted by Gasteiger charge is -2.22. The number of benzene rings is 2. The van der Waals surface area contributed by atoms with E-state index in [1.165, 1.54) is 18.2 Å². The molecule has 0 amide bonds. The van der Waals surface area contributed by atoms with Crippen LogP contribution >= 0.6 is 0 Å². The molecular formula is C20H18O9. The fraction of sp³-hybridized carbons (Fsp3) is 0.300. The van der Waals surface area contributed by atoms with Crippen molar-refractivity contribution < 1.29 is 44.6 Å². The average molecular weight is 402 g/mol. The SMILES string of the molecule is Cc1cc(O)c2c(c1)C(=O)c1cc(O[C@H]3O[C@H](CO)[C@@H](O)[C@H]3O)cc(O)c1C2=O. The Morgan fingerprint density at radius 2 is 1.55 bits per heavy atom. The molecule has 2 aromatic carbocycles. The van der Waals surface area contributed by atoms with Gasteiger partial charge in [-0.25, -0.2) is 0 Å². The maximum Gasteiger partial charge on any atom is 0.229 e. The Hall–Kier alpha value is -2.98. The van der Waals surface area contributed by atoms with Gasteiger partial charge in [0.1, 0.15) is 35.6 Å². The molecule has 2 aliphatic rings. The topological polar surface area (TPSA) is 154 Å². The fourth-order valence-corrected chi connectivity index (χ4v) is 3.64. The molecule has 5 N–H and O–H groups in total. The minimum atomic E-state index is -1.47. The van der Waals surface area contributed by atoms with Gasteiger partial charge in [0, 0.05) is 17.2 Å². The van der Waals surface area contributed by atoms with Crippen LogP contribution in [0.3, 0.4) is 0 Å². The molecule has 29 heavy (non-hydrogen) atoms. The van der Waals surface area contributed by atoms with Crippen molar-refractivity contribution in [2.45, 2.75) is 31.5 Å². The number of hydrogen-bond acceptors (Lipinski definition) is 9. The molecule has 9 heteroatoms. The minimum Gasteiger partial charge on any atom is -0.507 e. The Kier molecular flexibility index (Phi) is 4.55. The van der Waals surface area contributed by atoms with Crippen LogP contribution in [0, 0.1) is 6.92 Å². The third-order valence-corrected chi connectivity index (χ3v) is 5.05. The normalized spacial score (nSPS) is 25.7. The first-order valence-corrected chi connectivity index (χ1v) is 8.82. The second kappa shape index (κ2) is 6.82. The van der Waals surface area contributed by atoms with Crippen LogP contribution in [-0.2, 0) is 4.74 Å². The first-order chi connectivity index (χ1) is 13.7. The van der Waals surface area contributed by atoms with Gasteiger partial charge in [-0.1, -0.05) is 0 Å². The number of hydrogen-bond donors (Lipinski definition) is 5. The van der Waals surface area contributed by atoms with Gasteiger partial charge < -0.3 is 35.0 Å². The van der Waals surface area contributed by atoms with Gasteiger partial charge in [0.25, 0.3) is 0 Å². The van der Waals surface area contributed by atoms with Crippen LogP contribution in [0.1, 0.15) is 37.4 Å². The molecule has 4 atom stereocenters. The van der Waals surface area contributed by atoms with E-state index in [1.807, 2.05) is 0 Å². The van der Waals surface area contributed by atoms with E-state index >= 15 is 0 Å². The largest absolute Gasteiger partial charge is 0.507 e. The van der Waals surface area contributed by atoms with Crippen molar-refractivity contribution in [3.05, 3.63) is 52.1 Å². The quantitative estimate of drug-likeness (QED) is 0.407. The summed E-state index contributed by atoms with van der Waals surface area (Å²) in [5.74, 6) is -2.28. The molecule has 0 spiro atoms. The Morgan fingerprint density at radius 1 is 0.931 bits per heavy atom. The molecule has 0 bridgehead atoms. The van der Waals surface area contributed by atoms with Crippen LogP contribution in [-0.4, -0.2) is 68.3 Å². The predicted molar refractivity (Wildman–Crippen MR) is 96.2 cm³/mol. The Balaban J connectivity index is 1.73. The molecule has 2 aromatic rings. The van der Waals surface area contributed by atoms with Crippen molar-refractivity contribution in [3.8, 4) is 17.2 Å². The Bertz CT molecular complexity index is 1030. The summed E-state index contributed by atoms with van der Waals surface area (Å²) in [6.45, 7) is 1.12. The lowest BCUT2D eigenvalue weighted by atomic mass is 9.82. The zero-order chi connectivity index (χ0) is 21.0. The number of phenolic OH excluding ortho intramolecular Hbond substituents is 2. The standard InChI is InChI=1S/C20H18O9/c1-7-2-9-14(11(22)3-7)18(26)15-10(16(9)24)4-8(5-12(15)23)28-20-19(27)17(25)13(6-21)29-20/h2-5,13,17,19-23,25,27H,6H2,1H3/t13-,17-,19-,20+/m1/s1. The van der Waals surface area contributed by atoms with Crippen molar-refractivity contribution in [3.63, 3.8) is 0 Å². The van der Waals surface area contributed by atoms with E-state index in [2.05, 4.69) is 0 Å². The van der Waals surface area contributed by atoms with Crippen molar-refractivity contribution in [1.82, 2.24) is 0 Å². The lowest BCUT2D eigenvalue weighted by molar-refractivity contribution is -0.116. The summed E-state index contributed by atoms with van der Waals surface area (Å²) in [6, 6.07) is 5.10. The predicted octanol–water partition coefficient (Wildman–Crippen LogP) is -0.000580. The average Bonchev–Trinajstić information content (AvgIpc) is 2.93. The highest BCUT2D eigenvalue weighted by Gasteiger charge is 2.44. The van der Waals surface area contributed by atoms with Gasteiger partial charge in [0.05, 0.1) is 17.7 Å². The number of aliphatic hydroxyl groups excluding tert-OH is 3. The first kappa shape index (κ1) is 19.3. The molecule has 1 aliphatic carbocycles. The van der Waals surface area contributed by atoms with Crippen molar-refractivity contribution in [2.24, 2.45) is 0 Å². The van der Waals surface area contributed by atoms with E-state index in [4.69, 9.17) is 14.6 Å². The maximum absolute atomic E-state index is 12.9. The highest BCUT2D eigenvalue weighted by Crippen LogP contribution is 2.40. The number of fused-ring (bicyclic) bond motifs is 2. The number of aromatic hydroxyl groups is 2. The molecular weight excluding hydrogens is 384 g/mol. The van der Waals surface area contributed by atoms with Crippen molar-refractivity contribution >= 4 is 11.6 Å². The number of carbonyl (C=O) groups is 2. The molecule has 1 aliphatic heterocycles. The summed E-state index contributed by atoms with van der Waals surface area (Å²) >= 11 is 0. The summed E-state index contributed by atoms with van der Waals surface area (Å²) in [7, 11) is 0. The van der Waals surface area contributed by atoms with Crippen LogP contribution in [0.15, 0.2) is 24.3 Å². The number of ketones is 2. The van der Waals surface area contributed by atoms with Gasteiger partial charge >= 0.3 is 0 Å².